The molecular formula is C14H19N3OS. The van der Waals surface area contributed by atoms with Crippen LogP contribution >= 0.6 is 11.5 Å². The molecule has 0 aliphatic carbocycles. The van der Waals surface area contributed by atoms with Gasteiger partial charge in [0.1, 0.15) is 11.6 Å². The van der Waals surface area contributed by atoms with Crippen molar-refractivity contribution >= 4 is 16.7 Å². The van der Waals surface area contributed by atoms with Crippen molar-refractivity contribution in [3.05, 3.63) is 35.7 Å². The summed E-state index contributed by atoms with van der Waals surface area (Å²) in [6.45, 7) is 4.23. The molecule has 2 aromatic rings. The largest absolute Gasteiger partial charge is 0.497 e. The van der Waals surface area contributed by atoms with Gasteiger partial charge in [-0.2, -0.15) is 4.37 Å². The smallest absolute Gasteiger partial charge is 0.205 e. The zero-order valence-corrected chi connectivity index (χ0v) is 12.6. The summed E-state index contributed by atoms with van der Waals surface area (Å²) < 4.78 is 9.51. The molecule has 0 fully saturated rings. The molecule has 1 heterocycles. The van der Waals surface area contributed by atoms with Gasteiger partial charge in [0, 0.05) is 25.0 Å². The molecule has 1 unspecified atom stereocenters. The van der Waals surface area contributed by atoms with Crippen LogP contribution in [0.1, 0.15) is 31.3 Å². The van der Waals surface area contributed by atoms with Crippen LogP contribution in [0.4, 0.5) is 5.13 Å². The van der Waals surface area contributed by atoms with Crippen LogP contribution in [0.25, 0.3) is 0 Å². The van der Waals surface area contributed by atoms with E-state index < -0.39 is 0 Å². The molecular weight excluding hydrogens is 258 g/mol. The van der Waals surface area contributed by atoms with E-state index in [1.165, 1.54) is 17.1 Å². The summed E-state index contributed by atoms with van der Waals surface area (Å²) in [6, 6.07) is 8.39. The Bertz CT molecular complexity index is 524. The first kappa shape index (κ1) is 13.8. The summed E-state index contributed by atoms with van der Waals surface area (Å²) in [4.78, 5) is 6.67. The molecule has 0 N–H and O–H groups in total. The van der Waals surface area contributed by atoms with Gasteiger partial charge in [-0.1, -0.05) is 19.1 Å². The molecule has 102 valence electrons. The summed E-state index contributed by atoms with van der Waals surface area (Å²) in [5.41, 5.74) is 1.23. The van der Waals surface area contributed by atoms with Crippen molar-refractivity contribution in [3.8, 4) is 5.75 Å². The SMILES string of the molecule is CCc1nsc(N(C)C(C)c2ccc(OC)cc2)n1. The molecule has 1 aromatic carbocycles. The lowest BCUT2D eigenvalue weighted by atomic mass is 10.1. The van der Waals surface area contributed by atoms with E-state index >= 15 is 0 Å². The maximum absolute atomic E-state index is 5.18. The monoisotopic (exact) mass is 277 g/mol. The van der Waals surface area contributed by atoms with E-state index in [2.05, 4.69) is 47.3 Å². The van der Waals surface area contributed by atoms with E-state index in [9.17, 15) is 0 Å². The molecule has 1 atom stereocenters. The highest BCUT2D eigenvalue weighted by atomic mass is 32.1. The molecule has 0 spiro atoms. The van der Waals surface area contributed by atoms with Crippen molar-refractivity contribution in [3.63, 3.8) is 0 Å². The molecule has 4 nitrogen and oxygen atoms in total. The maximum Gasteiger partial charge on any atom is 0.205 e. The third kappa shape index (κ3) is 3.04. The lowest BCUT2D eigenvalue weighted by Crippen LogP contribution is -2.21. The number of anilines is 1. The second kappa shape index (κ2) is 6.02. The van der Waals surface area contributed by atoms with E-state index in [0.29, 0.717) is 0 Å². The second-order valence-electron chi connectivity index (χ2n) is 4.41. The topological polar surface area (TPSA) is 38.2 Å². The molecule has 0 aliphatic rings. The Hall–Kier alpha value is -1.62. The molecule has 19 heavy (non-hydrogen) atoms. The van der Waals surface area contributed by atoms with E-state index in [-0.39, 0.29) is 6.04 Å². The van der Waals surface area contributed by atoms with Gasteiger partial charge in [0.05, 0.1) is 13.2 Å². The predicted molar refractivity (Wildman–Crippen MR) is 79.1 cm³/mol. The third-order valence-corrected chi connectivity index (χ3v) is 4.10. The molecule has 1 aromatic heterocycles. The zero-order valence-electron chi connectivity index (χ0n) is 11.8. The second-order valence-corrected chi connectivity index (χ2v) is 5.14. The zero-order chi connectivity index (χ0) is 13.8. The van der Waals surface area contributed by atoms with Crippen LogP contribution in [-0.4, -0.2) is 23.5 Å². The van der Waals surface area contributed by atoms with Crippen LogP contribution < -0.4 is 9.64 Å². The average molecular weight is 277 g/mol. The van der Waals surface area contributed by atoms with Gasteiger partial charge >= 0.3 is 0 Å². The fourth-order valence-electron chi connectivity index (χ4n) is 1.80. The molecule has 5 heteroatoms. The Morgan fingerprint density at radius 3 is 2.53 bits per heavy atom. The number of methoxy groups -OCH3 is 1. The van der Waals surface area contributed by atoms with Crippen molar-refractivity contribution in [2.24, 2.45) is 0 Å². The van der Waals surface area contributed by atoms with Crippen molar-refractivity contribution in [2.45, 2.75) is 26.3 Å². The molecule has 0 aliphatic heterocycles. The van der Waals surface area contributed by atoms with Crippen LogP contribution in [0, 0.1) is 0 Å². The third-order valence-electron chi connectivity index (χ3n) is 3.25. The molecule has 2 rings (SSSR count). The predicted octanol–water partition coefficient (Wildman–Crippen LogP) is 3.31. The number of hydrogen-bond acceptors (Lipinski definition) is 5. The van der Waals surface area contributed by atoms with Crippen LogP contribution in [0.5, 0.6) is 5.75 Å². The standard InChI is InChI=1S/C14H19N3OS/c1-5-13-15-14(19-16-13)17(3)10(2)11-6-8-12(18-4)9-7-11/h6-10H,5H2,1-4H3. The first-order valence-electron chi connectivity index (χ1n) is 6.35. The van der Waals surface area contributed by atoms with Crippen molar-refractivity contribution < 1.29 is 4.74 Å². The van der Waals surface area contributed by atoms with Crippen LogP contribution in [0.2, 0.25) is 0 Å². The van der Waals surface area contributed by atoms with E-state index in [0.717, 1.165) is 23.1 Å². The molecule has 0 radical (unpaired) electrons. The number of aromatic nitrogens is 2. The Labute approximate surface area is 118 Å². The number of nitrogens with zero attached hydrogens (tertiary/aromatic N) is 3. The summed E-state index contributed by atoms with van der Waals surface area (Å²) in [5.74, 6) is 1.79. The molecule has 0 bridgehead atoms. The highest BCUT2D eigenvalue weighted by Crippen LogP contribution is 2.27. The Morgan fingerprint density at radius 1 is 1.32 bits per heavy atom. The molecule has 0 saturated heterocycles. The first-order chi connectivity index (χ1) is 9.15. The number of aryl methyl sites for hydroxylation is 1. The van der Waals surface area contributed by atoms with E-state index in [1.807, 2.05) is 12.1 Å². The van der Waals surface area contributed by atoms with Gasteiger partial charge < -0.3 is 9.64 Å². The normalized spacial score (nSPS) is 12.2. The Balaban J connectivity index is 2.15. The Kier molecular flexibility index (Phi) is 4.37. The van der Waals surface area contributed by atoms with Crippen molar-refractivity contribution in [1.29, 1.82) is 0 Å². The van der Waals surface area contributed by atoms with Crippen LogP contribution in [0.15, 0.2) is 24.3 Å². The Morgan fingerprint density at radius 2 is 2.00 bits per heavy atom. The number of hydrogen-bond donors (Lipinski definition) is 0. The minimum absolute atomic E-state index is 0.253. The lowest BCUT2D eigenvalue weighted by Gasteiger charge is -2.24. The van der Waals surface area contributed by atoms with Gasteiger partial charge in [-0.05, 0) is 24.6 Å². The van der Waals surface area contributed by atoms with E-state index in [1.54, 1.807) is 7.11 Å². The maximum atomic E-state index is 5.18. The van der Waals surface area contributed by atoms with E-state index in [4.69, 9.17) is 4.74 Å². The number of rotatable bonds is 5. The lowest BCUT2D eigenvalue weighted by molar-refractivity contribution is 0.414. The number of benzene rings is 1. The summed E-state index contributed by atoms with van der Waals surface area (Å²) in [7, 11) is 3.73. The highest BCUT2D eigenvalue weighted by molar-refractivity contribution is 7.09. The molecule has 0 amide bonds. The van der Waals surface area contributed by atoms with Crippen molar-refractivity contribution in [2.75, 3.05) is 19.1 Å². The highest BCUT2D eigenvalue weighted by Gasteiger charge is 2.16. The van der Waals surface area contributed by atoms with Gasteiger partial charge in [0.2, 0.25) is 5.13 Å². The van der Waals surface area contributed by atoms with Crippen molar-refractivity contribution in [1.82, 2.24) is 9.36 Å². The quantitative estimate of drug-likeness (QED) is 0.840. The van der Waals surface area contributed by atoms with Gasteiger partial charge in [-0.15, -0.1) is 0 Å². The van der Waals surface area contributed by atoms with Gasteiger partial charge in [0.15, 0.2) is 0 Å². The average Bonchev–Trinajstić information content (AvgIpc) is 2.94. The van der Waals surface area contributed by atoms with Gasteiger partial charge in [0.25, 0.3) is 0 Å². The number of ether oxygens (including phenoxy) is 1. The minimum atomic E-state index is 0.253. The first-order valence-corrected chi connectivity index (χ1v) is 7.12. The van der Waals surface area contributed by atoms with Gasteiger partial charge in [-0.3, -0.25) is 0 Å². The minimum Gasteiger partial charge on any atom is -0.497 e. The van der Waals surface area contributed by atoms with Crippen LogP contribution in [-0.2, 0) is 6.42 Å². The fourth-order valence-corrected chi connectivity index (χ4v) is 2.59. The summed E-state index contributed by atoms with van der Waals surface area (Å²) in [5, 5.41) is 0.958. The summed E-state index contributed by atoms with van der Waals surface area (Å²) >= 11 is 1.45. The fraction of sp³-hybridized carbons (Fsp3) is 0.429. The molecule has 0 saturated carbocycles. The van der Waals surface area contributed by atoms with Gasteiger partial charge in [-0.25, -0.2) is 4.98 Å². The summed E-state index contributed by atoms with van der Waals surface area (Å²) in [6.07, 6.45) is 0.876. The van der Waals surface area contributed by atoms with Crippen LogP contribution in [0.3, 0.4) is 0 Å².